The molecule has 0 radical (unpaired) electrons. The molecule has 4 rings (SSSR count). The molecule has 0 fully saturated rings. The van der Waals surface area contributed by atoms with Gasteiger partial charge in [-0.1, -0.05) is 11.6 Å². The topological polar surface area (TPSA) is 127 Å². The summed E-state index contributed by atoms with van der Waals surface area (Å²) in [5, 5.41) is 0.705. The van der Waals surface area contributed by atoms with E-state index in [4.69, 9.17) is 25.2 Å². The Morgan fingerprint density at radius 3 is 2.45 bits per heavy atom. The summed E-state index contributed by atoms with van der Waals surface area (Å²) in [5.74, 6) is -0.664. The molecule has 214 valence electrons. The molecule has 0 bridgehead atoms. The third kappa shape index (κ3) is 5.90. The van der Waals surface area contributed by atoms with Gasteiger partial charge in [0.05, 0.1) is 35.8 Å². The quantitative estimate of drug-likeness (QED) is 0.209. The Kier molecular flexibility index (Phi) is 8.64. The molecule has 2 heterocycles. The number of esters is 1. The second-order valence-corrected chi connectivity index (χ2v) is 13.3. The molecule has 0 aliphatic rings. The van der Waals surface area contributed by atoms with Crippen LogP contribution in [-0.4, -0.2) is 47.3 Å². The lowest BCUT2D eigenvalue weighted by molar-refractivity contribution is 0.0491. The first-order valence-corrected chi connectivity index (χ1v) is 15.8. The van der Waals surface area contributed by atoms with Gasteiger partial charge in [0.15, 0.2) is 0 Å². The van der Waals surface area contributed by atoms with Crippen LogP contribution >= 0.6 is 11.6 Å². The maximum absolute atomic E-state index is 13.9. The first-order valence-electron chi connectivity index (χ1n) is 12.4. The standard InChI is InChI=1S/C27H29ClN2O8S2/c1-5-30(40(34,35)22-10-12-25-23(15-22)18(3)26(38-25)27(31)36-6-2)24-11-9-20(28)14-19(24)17-39(32,33)29(4)16-21-8-7-13-37-21/h7-15H,5-6,16-17H2,1-4H3. The zero-order chi connectivity index (χ0) is 29.2. The lowest BCUT2D eigenvalue weighted by atomic mass is 10.1. The molecule has 2 aromatic carbocycles. The van der Waals surface area contributed by atoms with E-state index in [0.717, 1.165) is 8.61 Å². The Balaban J connectivity index is 1.72. The number of fused-ring (bicyclic) bond motifs is 1. The van der Waals surface area contributed by atoms with E-state index in [1.165, 1.54) is 49.7 Å². The molecule has 0 amide bonds. The van der Waals surface area contributed by atoms with E-state index in [-0.39, 0.29) is 46.6 Å². The van der Waals surface area contributed by atoms with E-state index in [9.17, 15) is 21.6 Å². The van der Waals surface area contributed by atoms with Gasteiger partial charge in [-0.05, 0) is 74.9 Å². The van der Waals surface area contributed by atoms with E-state index in [1.807, 2.05) is 0 Å². The van der Waals surface area contributed by atoms with Crippen molar-refractivity contribution in [1.82, 2.24) is 4.31 Å². The number of sulfonamides is 2. The third-order valence-corrected chi connectivity index (χ3v) is 10.2. The molecular formula is C27H29ClN2O8S2. The van der Waals surface area contributed by atoms with E-state index in [2.05, 4.69) is 0 Å². The highest BCUT2D eigenvalue weighted by atomic mass is 35.5. The van der Waals surface area contributed by atoms with Crippen molar-refractivity contribution in [2.24, 2.45) is 0 Å². The number of ether oxygens (including phenoxy) is 1. The second-order valence-electron chi connectivity index (χ2n) is 8.97. The van der Waals surface area contributed by atoms with Crippen LogP contribution in [0.1, 0.15) is 41.3 Å². The van der Waals surface area contributed by atoms with Crippen molar-refractivity contribution in [2.75, 3.05) is 24.5 Å². The van der Waals surface area contributed by atoms with Crippen LogP contribution in [0.5, 0.6) is 0 Å². The van der Waals surface area contributed by atoms with Gasteiger partial charge >= 0.3 is 5.97 Å². The molecule has 4 aromatic rings. The smallest absolute Gasteiger partial charge is 0.374 e. The van der Waals surface area contributed by atoms with Gasteiger partial charge in [0, 0.05) is 29.6 Å². The fourth-order valence-electron chi connectivity index (χ4n) is 4.29. The summed E-state index contributed by atoms with van der Waals surface area (Å²) < 4.78 is 72.5. The molecule has 0 atom stereocenters. The van der Waals surface area contributed by atoms with Crippen LogP contribution in [0.3, 0.4) is 0 Å². The summed E-state index contributed by atoms with van der Waals surface area (Å²) >= 11 is 6.21. The van der Waals surface area contributed by atoms with Gasteiger partial charge in [0.25, 0.3) is 10.0 Å². The fourth-order valence-corrected chi connectivity index (χ4v) is 7.19. The maximum atomic E-state index is 13.9. The number of rotatable bonds is 11. The number of carbonyl (C=O) groups excluding carboxylic acids is 1. The highest BCUT2D eigenvalue weighted by Crippen LogP contribution is 2.34. The molecule has 10 nitrogen and oxygen atoms in total. The molecule has 40 heavy (non-hydrogen) atoms. The van der Waals surface area contributed by atoms with Crippen LogP contribution in [-0.2, 0) is 37.1 Å². The average Bonchev–Trinajstić information content (AvgIpc) is 3.53. The molecule has 0 aliphatic heterocycles. The number of aryl methyl sites for hydroxylation is 1. The van der Waals surface area contributed by atoms with Gasteiger partial charge in [-0.25, -0.2) is 21.6 Å². The molecule has 0 aliphatic carbocycles. The summed E-state index contributed by atoms with van der Waals surface area (Å²) in [4.78, 5) is 12.2. The number of hydrogen-bond acceptors (Lipinski definition) is 8. The van der Waals surface area contributed by atoms with Gasteiger partial charge in [0.1, 0.15) is 11.3 Å². The molecule has 0 spiro atoms. The van der Waals surface area contributed by atoms with Gasteiger partial charge in [-0.2, -0.15) is 4.31 Å². The number of furan rings is 2. The maximum Gasteiger partial charge on any atom is 0.374 e. The Bertz CT molecular complexity index is 1750. The Morgan fingerprint density at radius 1 is 1.05 bits per heavy atom. The zero-order valence-corrected chi connectivity index (χ0v) is 24.8. The number of carbonyl (C=O) groups is 1. The molecule has 0 N–H and O–H groups in total. The third-order valence-electron chi connectivity index (χ3n) is 6.33. The highest BCUT2D eigenvalue weighted by Gasteiger charge is 2.30. The normalized spacial score (nSPS) is 12.2. The number of halogens is 1. The van der Waals surface area contributed by atoms with Crippen LogP contribution < -0.4 is 4.31 Å². The van der Waals surface area contributed by atoms with Gasteiger partial charge in [-0.3, -0.25) is 4.31 Å². The summed E-state index contributed by atoms with van der Waals surface area (Å²) in [7, 11) is -6.64. The molecule has 0 saturated heterocycles. The Labute approximate surface area is 238 Å². The largest absolute Gasteiger partial charge is 0.468 e. The van der Waals surface area contributed by atoms with Crippen molar-refractivity contribution in [3.05, 3.63) is 82.5 Å². The van der Waals surface area contributed by atoms with E-state index < -0.39 is 31.8 Å². The summed E-state index contributed by atoms with van der Waals surface area (Å²) in [6, 6.07) is 12.0. The Hall–Kier alpha value is -3.32. The van der Waals surface area contributed by atoms with Crippen molar-refractivity contribution < 1.29 is 35.2 Å². The van der Waals surface area contributed by atoms with Crippen molar-refractivity contribution in [3.8, 4) is 0 Å². The molecular weight excluding hydrogens is 580 g/mol. The fraction of sp³-hybridized carbons (Fsp3) is 0.296. The monoisotopic (exact) mass is 608 g/mol. The number of anilines is 1. The molecule has 0 saturated carbocycles. The van der Waals surface area contributed by atoms with E-state index in [0.29, 0.717) is 22.3 Å². The second kappa shape index (κ2) is 11.7. The van der Waals surface area contributed by atoms with Crippen LogP contribution in [0.4, 0.5) is 5.69 Å². The lowest BCUT2D eigenvalue weighted by Gasteiger charge is -2.26. The minimum absolute atomic E-state index is 0.00241. The van der Waals surface area contributed by atoms with Crippen LogP contribution in [0.25, 0.3) is 11.0 Å². The highest BCUT2D eigenvalue weighted by molar-refractivity contribution is 7.92. The minimum Gasteiger partial charge on any atom is -0.468 e. The van der Waals surface area contributed by atoms with Crippen molar-refractivity contribution in [2.45, 2.75) is 38.0 Å². The summed E-state index contributed by atoms with van der Waals surface area (Å²) in [6.07, 6.45) is 1.45. The van der Waals surface area contributed by atoms with Crippen molar-refractivity contribution in [3.63, 3.8) is 0 Å². The van der Waals surface area contributed by atoms with Gasteiger partial charge in [0.2, 0.25) is 15.8 Å². The van der Waals surface area contributed by atoms with E-state index >= 15 is 0 Å². The van der Waals surface area contributed by atoms with Gasteiger partial charge < -0.3 is 13.6 Å². The number of benzene rings is 2. The minimum atomic E-state index is -4.18. The lowest BCUT2D eigenvalue weighted by Crippen LogP contribution is -2.33. The predicted octanol–water partition coefficient (Wildman–Crippen LogP) is 5.34. The van der Waals surface area contributed by atoms with Crippen molar-refractivity contribution in [1.29, 1.82) is 0 Å². The van der Waals surface area contributed by atoms with Crippen LogP contribution in [0.2, 0.25) is 5.02 Å². The average molecular weight is 609 g/mol. The van der Waals surface area contributed by atoms with Crippen LogP contribution in [0.15, 0.2) is 68.5 Å². The predicted molar refractivity (Wildman–Crippen MR) is 151 cm³/mol. The zero-order valence-electron chi connectivity index (χ0n) is 22.4. The Morgan fingerprint density at radius 2 is 1.80 bits per heavy atom. The number of nitrogens with zero attached hydrogens (tertiary/aromatic N) is 2. The SMILES string of the molecule is CCOC(=O)c1oc2ccc(S(=O)(=O)N(CC)c3ccc(Cl)cc3CS(=O)(=O)N(C)Cc3ccco3)cc2c1C. The molecule has 0 unspecified atom stereocenters. The van der Waals surface area contributed by atoms with Gasteiger partial charge in [-0.15, -0.1) is 0 Å². The first kappa shape index (κ1) is 29.7. The molecule has 2 aromatic heterocycles. The van der Waals surface area contributed by atoms with E-state index in [1.54, 1.807) is 32.9 Å². The molecule has 13 heteroatoms. The van der Waals surface area contributed by atoms with Crippen molar-refractivity contribution >= 4 is 54.3 Å². The number of hydrogen-bond donors (Lipinski definition) is 0. The first-order chi connectivity index (χ1) is 18.9. The summed E-state index contributed by atoms with van der Waals surface area (Å²) in [5.41, 5.74) is 1.18. The summed E-state index contributed by atoms with van der Waals surface area (Å²) in [6.45, 7) is 5.15. The van der Waals surface area contributed by atoms with Crippen LogP contribution in [0, 0.1) is 6.92 Å².